The fourth-order valence-electron chi connectivity index (χ4n) is 1.72. The van der Waals surface area contributed by atoms with E-state index in [1.165, 1.54) is 7.05 Å². The topological polar surface area (TPSA) is 32.3 Å². The van der Waals surface area contributed by atoms with Crippen LogP contribution in [0.3, 0.4) is 0 Å². The van der Waals surface area contributed by atoms with Crippen molar-refractivity contribution in [3.05, 3.63) is 0 Å². The predicted octanol–water partition coefficient (Wildman–Crippen LogP) is 1.01. The van der Waals surface area contributed by atoms with Crippen molar-refractivity contribution in [2.24, 2.45) is 5.92 Å². The Balaban J connectivity index is 2.44. The van der Waals surface area contributed by atoms with Crippen LogP contribution in [0.25, 0.3) is 0 Å². The second-order valence-corrected chi connectivity index (χ2v) is 3.85. The van der Waals surface area contributed by atoms with Gasteiger partial charge in [-0.3, -0.25) is 4.79 Å². The summed E-state index contributed by atoms with van der Waals surface area (Å²) in [4.78, 5) is 12.3. The van der Waals surface area contributed by atoms with Crippen LogP contribution in [0, 0.1) is 5.92 Å². The summed E-state index contributed by atoms with van der Waals surface area (Å²) in [6.45, 7) is 0.163. The summed E-state index contributed by atoms with van der Waals surface area (Å²) >= 11 is 0. The van der Waals surface area contributed by atoms with Crippen LogP contribution < -0.4 is 5.32 Å². The van der Waals surface area contributed by atoms with Crippen LogP contribution in [0.1, 0.15) is 12.8 Å². The summed E-state index contributed by atoms with van der Waals surface area (Å²) in [5.74, 6) is -0.717. The maximum Gasteiger partial charge on any atom is 0.406 e. The van der Waals surface area contributed by atoms with E-state index in [1.807, 2.05) is 0 Å². The average molecular weight is 224 g/mol. The average Bonchev–Trinajstić information content (AvgIpc) is 2.15. The Morgan fingerprint density at radius 3 is 2.67 bits per heavy atom. The van der Waals surface area contributed by atoms with E-state index >= 15 is 0 Å². The van der Waals surface area contributed by atoms with Crippen molar-refractivity contribution < 1.29 is 18.0 Å². The molecule has 1 aliphatic rings. The molecule has 1 N–H and O–H groups in total. The quantitative estimate of drug-likeness (QED) is 0.759. The Kier molecular flexibility index (Phi) is 3.96. The number of halogens is 3. The highest BCUT2D eigenvalue weighted by atomic mass is 19.4. The van der Waals surface area contributed by atoms with Crippen molar-refractivity contribution in [2.45, 2.75) is 19.0 Å². The Labute approximate surface area is 86.6 Å². The first kappa shape index (κ1) is 12.3. The molecular formula is C9H15F3N2O. The zero-order valence-electron chi connectivity index (χ0n) is 8.60. The van der Waals surface area contributed by atoms with Crippen LogP contribution in [0.5, 0.6) is 0 Å². The number of hydrogen-bond acceptors (Lipinski definition) is 2. The summed E-state index contributed by atoms with van der Waals surface area (Å²) in [5.41, 5.74) is 0. The molecule has 1 rings (SSSR count). The first-order valence-electron chi connectivity index (χ1n) is 4.92. The van der Waals surface area contributed by atoms with Gasteiger partial charge in [-0.2, -0.15) is 13.2 Å². The van der Waals surface area contributed by atoms with Crippen molar-refractivity contribution in [2.75, 3.05) is 26.7 Å². The molecule has 1 amide bonds. The highest BCUT2D eigenvalue weighted by Crippen LogP contribution is 2.18. The Bertz CT molecular complexity index is 224. The highest BCUT2D eigenvalue weighted by Gasteiger charge is 2.33. The molecule has 1 heterocycles. The second kappa shape index (κ2) is 4.83. The van der Waals surface area contributed by atoms with Gasteiger partial charge in [0.1, 0.15) is 6.54 Å². The molecule has 0 unspecified atom stereocenters. The number of rotatable bonds is 2. The van der Waals surface area contributed by atoms with Crippen LogP contribution in [0.4, 0.5) is 13.2 Å². The van der Waals surface area contributed by atoms with Gasteiger partial charge in [0.25, 0.3) is 0 Å². The lowest BCUT2D eigenvalue weighted by Crippen LogP contribution is -2.44. The third kappa shape index (κ3) is 4.07. The number of nitrogens with zero attached hydrogens (tertiary/aromatic N) is 1. The van der Waals surface area contributed by atoms with Crippen molar-refractivity contribution in [3.8, 4) is 0 Å². The van der Waals surface area contributed by atoms with Crippen molar-refractivity contribution in [1.82, 2.24) is 10.2 Å². The lowest BCUT2D eigenvalue weighted by Gasteiger charge is -2.27. The number of hydrogen-bond donors (Lipinski definition) is 1. The first-order chi connectivity index (χ1) is 6.90. The Morgan fingerprint density at radius 1 is 1.53 bits per heavy atom. The van der Waals surface area contributed by atoms with E-state index in [0.29, 0.717) is 13.0 Å². The maximum atomic E-state index is 12.0. The molecule has 0 aromatic carbocycles. The van der Waals surface area contributed by atoms with Gasteiger partial charge in [-0.05, 0) is 19.4 Å². The zero-order valence-corrected chi connectivity index (χ0v) is 8.60. The molecule has 0 bridgehead atoms. The van der Waals surface area contributed by atoms with Crippen LogP contribution in [0.15, 0.2) is 0 Å². The minimum absolute atomic E-state index is 0.300. The SMILES string of the molecule is CN(CC(F)(F)F)C(=O)[C@@H]1CCCNC1. The molecule has 1 saturated heterocycles. The molecule has 0 aliphatic carbocycles. The van der Waals surface area contributed by atoms with Crippen molar-refractivity contribution in [1.29, 1.82) is 0 Å². The summed E-state index contributed by atoms with van der Waals surface area (Å²) in [5, 5.41) is 3.00. The molecule has 6 heteroatoms. The molecule has 1 atom stereocenters. The van der Waals surface area contributed by atoms with Gasteiger partial charge in [0.2, 0.25) is 5.91 Å². The molecular weight excluding hydrogens is 209 g/mol. The van der Waals surface area contributed by atoms with Crippen molar-refractivity contribution >= 4 is 5.91 Å². The fraction of sp³-hybridized carbons (Fsp3) is 0.889. The summed E-state index contributed by atoms with van der Waals surface area (Å²) in [6, 6.07) is 0. The number of piperidine rings is 1. The molecule has 0 saturated carbocycles. The van der Waals surface area contributed by atoms with Gasteiger partial charge in [-0.25, -0.2) is 0 Å². The van der Waals surface area contributed by atoms with E-state index in [-0.39, 0.29) is 5.92 Å². The molecule has 0 aromatic heterocycles. The zero-order chi connectivity index (χ0) is 11.5. The largest absolute Gasteiger partial charge is 0.406 e. The van der Waals surface area contributed by atoms with Gasteiger partial charge < -0.3 is 10.2 Å². The van der Waals surface area contributed by atoms with E-state index < -0.39 is 18.6 Å². The smallest absolute Gasteiger partial charge is 0.336 e. The van der Waals surface area contributed by atoms with Gasteiger partial charge >= 0.3 is 6.18 Å². The molecule has 88 valence electrons. The van der Waals surface area contributed by atoms with E-state index in [2.05, 4.69) is 5.32 Å². The van der Waals surface area contributed by atoms with Gasteiger partial charge in [0.15, 0.2) is 0 Å². The summed E-state index contributed by atoms with van der Waals surface area (Å²) < 4.78 is 36.1. The molecule has 3 nitrogen and oxygen atoms in total. The Hall–Kier alpha value is -0.780. The van der Waals surface area contributed by atoms with Gasteiger partial charge in [-0.1, -0.05) is 0 Å². The molecule has 0 spiro atoms. The van der Waals surface area contributed by atoms with E-state index in [9.17, 15) is 18.0 Å². The fourth-order valence-corrected chi connectivity index (χ4v) is 1.72. The second-order valence-electron chi connectivity index (χ2n) is 3.85. The van der Waals surface area contributed by atoms with E-state index in [0.717, 1.165) is 17.9 Å². The monoisotopic (exact) mass is 224 g/mol. The number of amides is 1. The van der Waals surface area contributed by atoms with Gasteiger partial charge in [0.05, 0.1) is 5.92 Å². The van der Waals surface area contributed by atoms with E-state index in [4.69, 9.17) is 0 Å². The Morgan fingerprint density at radius 2 is 2.20 bits per heavy atom. The van der Waals surface area contributed by atoms with Crippen LogP contribution in [-0.4, -0.2) is 43.7 Å². The standard InChI is InChI=1S/C9H15F3N2O/c1-14(6-9(10,11)12)8(15)7-3-2-4-13-5-7/h7,13H,2-6H2,1H3/t7-/m1/s1. The van der Waals surface area contributed by atoms with E-state index in [1.54, 1.807) is 0 Å². The molecule has 1 fully saturated rings. The normalized spacial score (nSPS) is 22.5. The molecule has 0 radical (unpaired) electrons. The summed E-state index contributed by atoms with van der Waals surface area (Å²) in [7, 11) is 1.20. The number of alkyl halides is 3. The number of carbonyl (C=O) groups excluding carboxylic acids is 1. The van der Waals surface area contributed by atoms with Crippen LogP contribution in [0.2, 0.25) is 0 Å². The summed E-state index contributed by atoms with van der Waals surface area (Å²) in [6.07, 6.45) is -2.79. The molecule has 1 aliphatic heterocycles. The number of carbonyl (C=O) groups is 1. The minimum Gasteiger partial charge on any atom is -0.336 e. The molecule has 15 heavy (non-hydrogen) atoms. The van der Waals surface area contributed by atoms with Crippen LogP contribution >= 0.6 is 0 Å². The maximum absolute atomic E-state index is 12.0. The number of nitrogens with one attached hydrogen (secondary N) is 1. The third-order valence-corrected chi connectivity index (χ3v) is 2.44. The highest BCUT2D eigenvalue weighted by molar-refractivity contribution is 5.79. The third-order valence-electron chi connectivity index (χ3n) is 2.44. The molecule has 0 aromatic rings. The first-order valence-corrected chi connectivity index (χ1v) is 4.92. The van der Waals surface area contributed by atoms with Crippen LogP contribution in [-0.2, 0) is 4.79 Å². The lowest BCUT2D eigenvalue weighted by atomic mass is 9.98. The minimum atomic E-state index is -4.31. The van der Waals surface area contributed by atoms with Gasteiger partial charge in [0, 0.05) is 13.6 Å². The lowest BCUT2D eigenvalue weighted by molar-refractivity contribution is -0.161. The van der Waals surface area contributed by atoms with Gasteiger partial charge in [-0.15, -0.1) is 0 Å². The van der Waals surface area contributed by atoms with Crippen molar-refractivity contribution in [3.63, 3.8) is 0 Å². The predicted molar refractivity (Wildman–Crippen MR) is 49.3 cm³/mol.